The standard InChI is InChI=1S/C13H14N2O3/c1-18-13(17)9-12(15-8-2-7-14-15)10-3-5-11(16)6-4-10/h2-8,12,16H,9H2,1H3/t12-/m1/s1. The van der Waals surface area contributed by atoms with E-state index >= 15 is 0 Å². The minimum atomic E-state index is -0.302. The summed E-state index contributed by atoms with van der Waals surface area (Å²) in [6.45, 7) is 0. The molecule has 2 aromatic rings. The lowest BCUT2D eigenvalue weighted by Gasteiger charge is -2.17. The summed E-state index contributed by atoms with van der Waals surface area (Å²) in [5, 5.41) is 13.4. The molecule has 0 aliphatic carbocycles. The van der Waals surface area contributed by atoms with Crippen molar-refractivity contribution < 1.29 is 14.6 Å². The van der Waals surface area contributed by atoms with Crippen molar-refractivity contribution in [3.63, 3.8) is 0 Å². The molecule has 0 spiro atoms. The molecule has 0 saturated carbocycles. The molecule has 0 bridgehead atoms. The second-order valence-corrected chi connectivity index (χ2v) is 3.87. The number of aromatic hydroxyl groups is 1. The molecular formula is C13H14N2O3. The summed E-state index contributed by atoms with van der Waals surface area (Å²) in [6, 6.07) is 8.28. The van der Waals surface area contributed by atoms with E-state index in [1.807, 2.05) is 0 Å². The number of rotatable bonds is 4. The van der Waals surface area contributed by atoms with Crippen molar-refractivity contribution >= 4 is 5.97 Å². The Kier molecular flexibility index (Phi) is 3.62. The van der Waals surface area contributed by atoms with Gasteiger partial charge in [-0.3, -0.25) is 9.48 Å². The lowest BCUT2D eigenvalue weighted by Crippen LogP contribution is -2.16. The molecular weight excluding hydrogens is 232 g/mol. The smallest absolute Gasteiger partial charge is 0.308 e. The van der Waals surface area contributed by atoms with Crippen LogP contribution in [0.3, 0.4) is 0 Å². The minimum absolute atomic E-state index is 0.191. The van der Waals surface area contributed by atoms with Gasteiger partial charge < -0.3 is 9.84 Å². The Balaban J connectivity index is 2.30. The van der Waals surface area contributed by atoms with E-state index in [9.17, 15) is 9.90 Å². The third-order valence-corrected chi connectivity index (χ3v) is 2.71. The molecule has 1 atom stereocenters. The predicted molar refractivity (Wildman–Crippen MR) is 65.1 cm³/mol. The van der Waals surface area contributed by atoms with Crippen molar-refractivity contribution in [2.45, 2.75) is 12.5 Å². The van der Waals surface area contributed by atoms with Gasteiger partial charge in [0.25, 0.3) is 0 Å². The summed E-state index contributed by atoms with van der Waals surface area (Å²) in [4.78, 5) is 11.4. The number of esters is 1. The fourth-order valence-corrected chi connectivity index (χ4v) is 1.77. The van der Waals surface area contributed by atoms with Gasteiger partial charge >= 0.3 is 5.97 Å². The van der Waals surface area contributed by atoms with Crippen LogP contribution < -0.4 is 0 Å². The third kappa shape index (κ3) is 2.68. The number of ether oxygens (including phenoxy) is 1. The summed E-state index contributed by atoms with van der Waals surface area (Å²) in [6.07, 6.45) is 3.65. The van der Waals surface area contributed by atoms with Gasteiger partial charge in [0.15, 0.2) is 0 Å². The third-order valence-electron chi connectivity index (χ3n) is 2.71. The topological polar surface area (TPSA) is 64.3 Å². The lowest BCUT2D eigenvalue weighted by molar-refractivity contribution is -0.141. The first-order valence-electron chi connectivity index (χ1n) is 5.55. The minimum Gasteiger partial charge on any atom is -0.508 e. The SMILES string of the molecule is COC(=O)C[C@H](c1ccc(O)cc1)n1cccn1. The number of phenolic OH excluding ortho intramolecular Hbond substituents is 1. The highest BCUT2D eigenvalue weighted by molar-refractivity contribution is 5.70. The molecule has 1 heterocycles. The van der Waals surface area contributed by atoms with Gasteiger partial charge in [0.2, 0.25) is 0 Å². The van der Waals surface area contributed by atoms with E-state index in [1.54, 1.807) is 47.4 Å². The average Bonchev–Trinajstić information content (AvgIpc) is 2.90. The molecule has 18 heavy (non-hydrogen) atoms. The molecule has 94 valence electrons. The number of hydrogen-bond donors (Lipinski definition) is 1. The van der Waals surface area contributed by atoms with Crippen LogP contribution in [0, 0.1) is 0 Å². The van der Waals surface area contributed by atoms with Gasteiger partial charge in [0.1, 0.15) is 5.75 Å². The molecule has 0 unspecified atom stereocenters. The zero-order valence-electron chi connectivity index (χ0n) is 9.98. The van der Waals surface area contributed by atoms with E-state index in [-0.39, 0.29) is 24.2 Å². The normalized spacial score (nSPS) is 12.1. The van der Waals surface area contributed by atoms with E-state index in [0.717, 1.165) is 5.56 Å². The Labute approximate surface area is 105 Å². The summed E-state index contributed by atoms with van der Waals surface area (Å²) in [7, 11) is 1.36. The fourth-order valence-electron chi connectivity index (χ4n) is 1.77. The van der Waals surface area contributed by atoms with E-state index in [0.29, 0.717) is 0 Å². The molecule has 5 nitrogen and oxygen atoms in total. The predicted octanol–water partition coefficient (Wildman–Crippen LogP) is 1.74. The van der Waals surface area contributed by atoms with Crippen LogP contribution in [0.25, 0.3) is 0 Å². The van der Waals surface area contributed by atoms with Crippen molar-refractivity contribution in [2.75, 3.05) is 7.11 Å². The first-order chi connectivity index (χ1) is 8.70. The van der Waals surface area contributed by atoms with Gasteiger partial charge in [-0.25, -0.2) is 0 Å². The number of carbonyl (C=O) groups excluding carboxylic acids is 1. The van der Waals surface area contributed by atoms with Crippen molar-refractivity contribution in [3.05, 3.63) is 48.3 Å². The second kappa shape index (κ2) is 5.35. The fraction of sp³-hybridized carbons (Fsp3) is 0.231. The molecule has 5 heteroatoms. The van der Waals surface area contributed by atoms with Gasteiger partial charge in [-0.1, -0.05) is 12.1 Å². The summed E-state index contributed by atoms with van der Waals surface area (Å²) in [5.41, 5.74) is 0.891. The van der Waals surface area contributed by atoms with Crippen LogP contribution >= 0.6 is 0 Å². The van der Waals surface area contributed by atoms with Crippen LogP contribution in [0.2, 0.25) is 0 Å². The van der Waals surface area contributed by atoms with E-state index in [4.69, 9.17) is 4.74 Å². The molecule has 0 saturated heterocycles. The zero-order valence-corrected chi connectivity index (χ0v) is 9.98. The highest BCUT2D eigenvalue weighted by Gasteiger charge is 2.18. The van der Waals surface area contributed by atoms with Crippen LogP contribution in [0.15, 0.2) is 42.7 Å². The molecule has 0 radical (unpaired) electrons. The van der Waals surface area contributed by atoms with E-state index in [2.05, 4.69) is 5.10 Å². The van der Waals surface area contributed by atoms with Gasteiger partial charge in [0.05, 0.1) is 19.6 Å². The number of nitrogens with zero attached hydrogens (tertiary/aromatic N) is 2. The molecule has 1 N–H and O–H groups in total. The summed E-state index contributed by atoms with van der Waals surface area (Å²) in [5.74, 6) is -0.111. The molecule has 2 rings (SSSR count). The maximum Gasteiger partial charge on any atom is 0.308 e. The van der Waals surface area contributed by atoms with Gasteiger partial charge in [-0.2, -0.15) is 5.10 Å². The molecule has 0 aliphatic rings. The van der Waals surface area contributed by atoms with Crippen molar-refractivity contribution in [3.8, 4) is 5.75 Å². The Bertz CT molecular complexity index is 506. The largest absolute Gasteiger partial charge is 0.508 e. The molecule has 0 aliphatic heterocycles. The second-order valence-electron chi connectivity index (χ2n) is 3.87. The Hall–Kier alpha value is -2.30. The first kappa shape index (κ1) is 12.2. The number of methoxy groups -OCH3 is 1. The van der Waals surface area contributed by atoms with E-state index < -0.39 is 0 Å². The van der Waals surface area contributed by atoms with Crippen LogP contribution in [-0.4, -0.2) is 28.0 Å². The van der Waals surface area contributed by atoms with Gasteiger partial charge in [-0.15, -0.1) is 0 Å². The Morgan fingerprint density at radius 1 is 1.44 bits per heavy atom. The Morgan fingerprint density at radius 2 is 2.17 bits per heavy atom. The maximum atomic E-state index is 11.4. The van der Waals surface area contributed by atoms with Crippen LogP contribution in [0.1, 0.15) is 18.0 Å². The number of aromatic nitrogens is 2. The van der Waals surface area contributed by atoms with Gasteiger partial charge in [0, 0.05) is 12.4 Å². The highest BCUT2D eigenvalue weighted by Crippen LogP contribution is 2.23. The highest BCUT2D eigenvalue weighted by atomic mass is 16.5. The average molecular weight is 246 g/mol. The van der Waals surface area contributed by atoms with Crippen LogP contribution in [0.4, 0.5) is 0 Å². The molecule has 1 aromatic carbocycles. The number of hydrogen-bond acceptors (Lipinski definition) is 4. The van der Waals surface area contributed by atoms with E-state index in [1.165, 1.54) is 7.11 Å². The van der Waals surface area contributed by atoms with Crippen LogP contribution in [-0.2, 0) is 9.53 Å². The van der Waals surface area contributed by atoms with Crippen molar-refractivity contribution in [1.82, 2.24) is 9.78 Å². The molecule has 1 aromatic heterocycles. The molecule has 0 fully saturated rings. The quantitative estimate of drug-likeness (QED) is 0.834. The summed E-state index contributed by atoms with van der Waals surface area (Å²) >= 11 is 0. The lowest BCUT2D eigenvalue weighted by atomic mass is 10.0. The molecule has 0 amide bonds. The monoisotopic (exact) mass is 246 g/mol. The zero-order chi connectivity index (χ0) is 13.0. The maximum absolute atomic E-state index is 11.4. The number of phenols is 1. The van der Waals surface area contributed by atoms with Crippen molar-refractivity contribution in [2.24, 2.45) is 0 Å². The van der Waals surface area contributed by atoms with Crippen molar-refractivity contribution in [1.29, 1.82) is 0 Å². The van der Waals surface area contributed by atoms with Gasteiger partial charge in [-0.05, 0) is 23.8 Å². The Morgan fingerprint density at radius 3 is 2.72 bits per heavy atom. The number of benzene rings is 1. The summed E-state index contributed by atoms with van der Waals surface area (Å²) < 4.78 is 6.39. The first-order valence-corrected chi connectivity index (χ1v) is 5.55. The van der Waals surface area contributed by atoms with Crippen LogP contribution in [0.5, 0.6) is 5.75 Å². The number of carbonyl (C=O) groups is 1.